The molecular weight excluding hydrogens is 381 g/mol. The zero-order valence-corrected chi connectivity index (χ0v) is 15.7. The molecule has 3 aromatic rings. The summed E-state index contributed by atoms with van der Waals surface area (Å²) < 4.78 is 47.0. The van der Waals surface area contributed by atoms with Crippen molar-refractivity contribution >= 4 is 0 Å². The van der Waals surface area contributed by atoms with Crippen LogP contribution in [-0.4, -0.2) is 27.9 Å². The van der Waals surface area contributed by atoms with Crippen LogP contribution in [0.4, 0.5) is 13.2 Å². The predicted molar refractivity (Wildman–Crippen MR) is 102 cm³/mol. The van der Waals surface area contributed by atoms with Crippen LogP contribution in [0.5, 0.6) is 5.75 Å². The molecule has 0 spiro atoms. The van der Waals surface area contributed by atoms with E-state index in [0.717, 1.165) is 43.1 Å². The molecular formula is C21H21F3N4O. The van der Waals surface area contributed by atoms with Gasteiger partial charge in [-0.1, -0.05) is 18.2 Å². The van der Waals surface area contributed by atoms with E-state index in [1.807, 2.05) is 10.9 Å². The Morgan fingerprint density at radius 3 is 2.66 bits per heavy atom. The second-order valence-electron chi connectivity index (χ2n) is 7.04. The van der Waals surface area contributed by atoms with E-state index in [9.17, 15) is 13.2 Å². The minimum atomic E-state index is -4.41. The molecule has 0 bridgehead atoms. The van der Waals surface area contributed by atoms with Crippen LogP contribution >= 0.6 is 0 Å². The van der Waals surface area contributed by atoms with E-state index in [4.69, 9.17) is 4.74 Å². The Balaban J connectivity index is 1.48. The van der Waals surface area contributed by atoms with Crippen LogP contribution in [0.1, 0.15) is 30.0 Å². The van der Waals surface area contributed by atoms with Crippen molar-refractivity contribution in [1.82, 2.24) is 20.1 Å². The van der Waals surface area contributed by atoms with Gasteiger partial charge >= 0.3 is 6.18 Å². The van der Waals surface area contributed by atoms with E-state index >= 15 is 0 Å². The average Bonchev–Trinajstić information content (AvgIpc) is 3.23. The van der Waals surface area contributed by atoms with Gasteiger partial charge in [-0.15, -0.1) is 0 Å². The van der Waals surface area contributed by atoms with Gasteiger partial charge in [0.2, 0.25) is 0 Å². The molecule has 1 aliphatic rings. The quantitative estimate of drug-likeness (QED) is 0.684. The molecule has 29 heavy (non-hydrogen) atoms. The third kappa shape index (κ3) is 4.59. The van der Waals surface area contributed by atoms with Crippen LogP contribution in [0, 0.1) is 0 Å². The molecule has 0 radical (unpaired) electrons. The molecule has 152 valence electrons. The summed E-state index contributed by atoms with van der Waals surface area (Å²) in [4.78, 5) is 4.17. The first-order valence-electron chi connectivity index (χ1n) is 9.49. The van der Waals surface area contributed by atoms with Crippen molar-refractivity contribution in [2.24, 2.45) is 0 Å². The van der Waals surface area contributed by atoms with Gasteiger partial charge in [0, 0.05) is 29.1 Å². The normalized spacial score (nSPS) is 15.4. The van der Waals surface area contributed by atoms with E-state index in [1.54, 1.807) is 24.5 Å². The Kier molecular flexibility index (Phi) is 5.53. The Bertz CT molecular complexity index is 964. The van der Waals surface area contributed by atoms with Crippen molar-refractivity contribution in [2.75, 3.05) is 13.1 Å². The van der Waals surface area contributed by atoms with E-state index in [-0.39, 0.29) is 12.2 Å². The van der Waals surface area contributed by atoms with Crippen LogP contribution in [0.15, 0.2) is 55.1 Å². The van der Waals surface area contributed by atoms with Crippen molar-refractivity contribution < 1.29 is 17.9 Å². The van der Waals surface area contributed by atoms with E-state index in [0.29, 0.717) is 11.8 Å². The highest BCUT2D eigenvalue weighted by atomic mass is 19.4. The Hall–Kier alpha value is -2.87. The summed E-state index contributed by atoms with van der Waals surface area (Å²) in [6.45, 7) is 1.77. The lowest BCUT2D eigenvalue weighted by Crippen LogP contribution is -2.29. The second-order valence-corrected chi connectivity index (χ2v) is 7.04. The number of nitrogens with one attached hydrogen (secondary N) is 1. The molecule has 0 saturated carbocycles. The fourth-order valence-electron chi connectivity index (χ4n) is 3.50. The smallest absolute Gasteiger partial charge is 0.416 e. The maximum atomic E-state index is 13.1. The molecule has 0 amide bonds. The molecule has 5 nitrogen and oxygen atoms in total. The second kappa shape index (κ2) is 8.24. The first-order chi connectivity index (χ1) is 14.0. The molecule has 1 aliphatic heterocycles. The first-order valence-corrected chi connectivity index (χ1v) is 9.49. The number of aromatic nitrogens is 3. The SMILES string of the molecule is FC(F)(F)c1ccccc1COc1cncc(-c2cnn(C3CCNCC3)c2)c1. The summed E-state index contributed by atoms with van der Waals surface area (Å²) in [6, 6.07) is 7.56. The number of alkyl halides is 3. The Labute approximate surface area is 166 Å². The largest absolute Gasteiger partial charge is 0.487 e. The molecule has 1 saturated heterocycles. The van der Waals surface area contributed by atoms with Crippen molar-refractivity contribution in [3.63, 3.8) is 0 Å². The molecule has 1 aromatic carbocycles. The third-order valence-corrected chi connectivity index (χ3v) is 5.05. The molecule has 0 unspecified atom stereocenters. The first kappa shape index (κ1) is 19.4. The minimum Gasteiger partial charge on any atom is -0.487 e. The van der Waals surface area contributed by atoms with E-state index < -0.39 is 11.7 Å². The topological polar surface area (TPSA) is 52.0 Å². The van der Waals surface area contributed by atoms with Gasteiger partial charge in [0.05, 0.1) is 24.0 Å². The van der Waals surface area contributed by atoms with Gasteiger partial charge in [-0.2, -0.15) is 18.3 Å². The van der Waals surface area contributed by atoms with Crippen LogP contribution < -0.4 is 10.1 Å². The Morgan fingerprint density at radius 2 is 1.86 bits per heavy atom. The summed E-state index contributed by atoms with van der Waals surface area (Å²) in [5.41, 5.74) is 1.11. The molecule has 1 N–H and O–H groups in total. The highest BCUT2D eigenvalue weighted by molar-refractivity contribution is 5.62. The Morgan fingerprint density at radius 1 is 1.07 bits per heavy atom. The molecule has 1 fully saturated rings. The number of nitrogens with zero attached hydrogens (tertiary/aromatic N) is 3. The number of hydrogen-bond acceptors (Lipinski definition) is 4. The number of ether oxygens (including phenoxy) is 1. The van der Waals surface area contributed by atoms with Crippen LogP contribution in [-0.2, 0) is 12.8 Å². The maximum Gasteiger partial charge on any atom is 0.416 e. The predicted octanol–water partition coefficient (Wildman–Crippen LogP) is 4.47. The van der Waals surface area contributed by atoms with Crippen LogP contribution in [0.2, 0.25) is 0 Å². The monoisotopic (exact) mass is 402 g/mol. The maximum absolute atomic E-state index is 13.1. The minimum absolute atomic E-state index is 0.0872. The van der Waals surface area contributed by atoms with Gasteiger partial charge in [0.1, 0.15) is 12.4 Å². The summed E-state index contributed by atoms with van der Waals surface area (Å²) in [5.74, 6) is 0.411. The van der Waals surface area contributed by atoms with Gasteiger partial charge in [0.25, 0.3) is 0 Å². The molecule has 0 aliphatic carbocycles. The van der Waals surface area contributed by atoms with Gasteiger partial charge < -0.3 is 10.1 Å². The fraction of sp³-hybridized carbons (Fsp3) is 0.333. The number of pyridine rings is 1. The summed E-state index contributed by atoms with van der Waals surface area (Å²) in [7, 11) is 0. The summed E-state index contributed by atoms with van der Waals surface area (Å²) in [5, 5.41) is 7.81. The van der Waals surface area contributed by atoms with Crippen molar-refractivity contribution in [3.8, 4) is 16.9 Å². The average molecular weight is 402 g/mol. The molecule has 2 aromatic heterocycles. The number of hydrogen-bond donors (Lipinski definition) is 1. The zero-order chi connectivity index (χ0) is 20.3. The van der Waals surface area contributed by atoms with Gasteiger partial charge in [-0.25, -0.2) is 0 Å². The van der Waals surface area contributed by atoms with E-state index in [1.165, 1.54) is 18.3 Å². The number of benzene rings is 1. The number of rotatable bonds is 5. The van der Waals surface area contributed by atoms with Gasteiger partial charge in [-0.05, 0) is 38.1 Å². The zero-order valence-electron chi connectivity index (χ0n) is 15.7. The van der Waals surface area contributed by atoms with Crippen molar-refractivity contribution in [1.29, 1.82) is 0 Å². The summed E-state index contributed by atoms with van der Waals surface area (Å²) in [6.07, 6.45) is 4.60. The highest BCUT2D eigenvalue weighted by Gasteiger charge is 2.33. The molecule has 3 heterocycles. The van der Waals surface area contributed by atoms with E-state index in [2.05, 4.69) is 15.4 Å². The third-order valence-electron chi connectivity index (χ3n) is 5.05. The van der Waals surface area contributed by atoms with Crippen molar-refractivity contribution in [3.05, 3.63) is 66.2 Å². The highest BCUT2D eigenvalue weighted by Crippen LogP contribution is 2.32. The molecule has 4 rings (SSSR count). The number of piperidine rings is 1. The number of halogens is 3. The molecule has 0 atom stereocenters. The van der Waals surface area contributed by atoms with Gasteiger partial charge in [0.15, 0.2) is 0 Å². The fourth-order valence-corrected chi connectivity index (χ4v) is 3.50. The standard InChI is InChI=1S/C21H21F3N4O/c22-21(23,24)20-4-2-1-3-15(20)14-29-19-9-16(10-26-12-19)17-11-27-28(13-17)18-5-7-25-8-6-18/h1-4,9-13,18,25H,5-8,14H2. The molecule has 8 heteroatoms. The summed E-state index contributed by atoms with van der Waals surface area (Å²) >= 11 is 0. The van der Waals surface area contributed by atoms with Crippen LogP contribution in [0.3, 0.4) is 0 Å². The van der Waals surface area contributed by atoms with Crippen molar-refractivity contribution in [2.45, 2.75) is 31.7 Å². The van der Waals surface area contributed by atoms with Gasteiger partial charge in [-0.3, -0.25) is 9.67 Å². The lowest BCUT2D eigenvalue weighted by Gasteiger charge is -2.22. The van der Waals surface area contributed by atoms with Crippen LogP contribution in [0.25, 0.3) is 11.1 Å². The lowest BCUT2D eigenvalue weighted by atomic mass is 10.1. The lowest BCUT2D eigenvalue weighted by molar-refractivity contribution is -0.138.